The van der Waals surface area contributed by atoms with Gasteiger partial charge in [0.2, 0.25) is 0 Å². The van der Waals surface area contributed by atoms with Crippen molar-refractivity contribution in [3.8, 4) is 0 Å². The minimum Gasteiger partial charge on any atom is -0.317 e. The summed E-state index contributed by atoms with van der Waals surface area (Å²) in [5, 5.41) is 8.53. The molecule has 0 atom stereocenters. The third kappa shape index (κ3) is 3.73. The minimum atomic E-state index is 0.722. The molecule has 0 spiro atoms. The Bertz CT molecular complexity index is 87.6. The molecule has 1 saturated carbocycles. The van der Waals surface area contributed by atoms with Gasteiger partial charge in [-0.05, 0) is 18.8 Å². The lowest BCUT2D eigenvalue weighted by Gasteiger charge is -2.18. The Kier molecular flexibility index (Phi) is 4.55. The first-order chi connectivity index (χ1) is 5.43. The largest absolute Gasteiger partial charge is 0.317 e. The van der Waals surface area contributed by atoms with Gasteiger partial charge in [0.25, 0.3) is 0 Å². The molecule has 0 aromatic carbocycles. The highest BCUT2D eigenvalue weighted by atomic mass is 16.5. The van der Waals surface area contributed by atoms with E-state index in [-0.39, 0.29) is 0 Å². The molecule has 0 aliphatic heterocycles. The number of rotatable bonds is 2. The van der Waals surface area contributed by atoms with Crippen molar-refractivity contribution >= 4 is 0 Å². The van der Waals surface area contributed by atoms with Gasteiger partial charge in [-0.1, -0.05) is 32.1 Å². The van der Waals surface area contributed by atoms with Crippen LogP contribution < -0.4 is 5.48 Å². The van der Waals surface area contributed by atoms with Gasteiger partial charge >= 0.3 is 0 Å². The highest BCUT2D eigenvalue weighted by Gasteiger charge is 2.09. The van der Waals surface area contributed by atoms with E-state index >= 15 is 0 Å². The first-order valence-electron chi connectivity index (χ1n) is 4.80. The molecule has 2 nitrogen and oxygen atoms in total. The lowest BCUT2D eigenvalue weighted by atomic mass is 9.91. The Hall–Kier alpha value is -0.0800. The third-order valence-corrected chi connectivity index (χ3v) is 2.60. The zero-order valence-corrected chi connectivity index (χ0v) is 7.18. The van der Waals surface area contributed by atoms with E-state index in [9.17, 15) is 0 Å². The van der Waals surface area contributed by atoms with Gasteiger partial charge in [-0.3, -0.25) is 0 Å². The molecule has 1 rings (SSSR count). The molecule has 0 unspecified atom stereocenters. The molecule has 1 aliphatic carbocycles. The number of hydroxylamine groups is 1. The molecule has 0 saturated heterocycles. The van der Waals surface area contributed by atoms with E-state index in [1.807, 2.05) is 0 Å². The van der Waals surface area contributed by atoms with Crippen molar-refractivity contribution in [3.63, 3.8) is 0 Å². The third-order valence-electron chi connectivity index (χ3n) is 2.60. The highest BCUT2D eigenvalue weighted by molar-refractivity contribution is 4.63. The van der Waals surface area contributed by atoms with Gasteiger partial charge in [0.15, 0.2) is 0 Å². The zero-order valence-electron chi connectivity index (χ0n) is 7.18. The van der Waals surface area contributed by atoms with Crippen LogP contribution in [0.25, 0.3) is 0 Å². The monoisotopic (exact) mass is 157 g/mol. The predicted molar refractivity (Wildman–Crippen MR) is 45.6 cm³/mol. The van der Waals surface area contributed by atoms with Crippen molar-refractivity contribution < 1.29 is 5.21 Å². The molecular weight excluding hydrogens is 138 g/mol. The van der Waals surface area contributed by atoms with Crippen LogP contribution in [0.2, 0.25) is 0 Å². The fourth-order valence-corrected chi connectivity index (χ4v) is 1.87. The predicted octanol–water partition coefficient (Wildman–Crippen LogP) is 2.33. The molecule has 66 valence electrons. The topological polar surface area (TPSA) is 32.3 Å². The van der Waals surface area contributed by atoms with Crippen LogP contribution in [0.5, 0.6) is 0 Å². The number of hydrogen-bond donors (Lipinski definition) is 2. The molecule has 1 fully saturated rings. The molecule has 0 radical (unpaired) electrons. The van der Waals surface area contributed by atoms with E-state index in [4.69, 9.17) is 5.21 Å². The van der Waals surface area contributed by atoms with E-state index < -0.39 is 0 Å². The van der Waals surface area contributed by atoms with Gasteiger partial charge in [-0.25, -0.2) is 5.48 Å². The summed E-state index contributed by atoms with van der Waals surface area (Å²) < 4.78 is 0. The van der Waals surface area contributed by atoms with Crippen LogP contribution in [-0.2, 0) is 0 Å². The van der Waals surface area contributed by atoms with Crippen LogP contribution in [0.15, 0.2) is 0 Å². The Morgan fingerprint density at radius 2 is 1.55 bits per heavy atom. The van der Waals surface area contributed by atoms with Gasteiger partial charge in [0.05, 0.1) is 0 Å². The second-order valence-electron chi connectivity index (χ2n) is 3.57. The first-order valence-corrected chi connectivity index (χ1v) is 4.80. The molecule has 0 aromatic heterocycles. The highest BCUT2D eigenvalue weighted by Crippen LogP contribution is 2.21. The summed E-state index contributed by atoms with van der Waals surface area (Å²) in [6.45, 7) is 0.792. The van der Waals surface area contributed by atoms with Crippen molar-refractivity contribution in [2.24, 2.45) is 5.92 Å². The smallest absolute Gasteiger partial charge is 0.0235 e. The van der Waals surface area contributed by atoms with Crippen molar-refractivity contribution in [1.82, 2.24) is 5.48 Å². The summed E-state index contributed by atoms with van der Waals surface area (Å²) in [6.07, 6.45) is 9.50. The quantitative estimate of drug-likeness (QED) is 0.603. The fourth-order valence-electron chi connectivity index (χ4n) is 1.87. The molecule has 1 aliphatic rings. The summed E-state index contributed by atoms with van der Waals surface area (Å²) >= 11 is 0. The van der Waals surface area contributed by atoms with Crippen molar-refractivity contribution in [3.05, 3.63) is 0 Å². The average molecular weight is 157 g/mol. The van der Waals surface area contributed by atoms with Crippen LogP contribution in [-0.4, -0.2) is 11.8 Å². The van der Waals surface area contributed by atoms with Crippen molar-refractivity contribution in [1.29, 1.82) is 0 Å². The van der Waals surface area contributed by atoms with E-state index in [2.05, 4.69) is 5.48 Å². The van der Waals surface area contributed by atoms with Gasteiger partial charge in [-0.15, -0.1) is 0 Å². The molecule has 0 heterocycles. The van der Waals surface area contributed by atoms with Crippen molar-refractivity contribution in [2.75, 3.05) is 6.54 Å². The summed E-state index contributed by atoms with van der Waals surface area (Å²) in [4.78, 5) is 0. The minimum absolute atomic E-state index is 0.722. The first kappa shape index (κ1) is 9.01. The maximum atomic E-state index is 8.53. The summed E-state index contributed by atoms with van der Waals surface area (Å²) in [5.74, 6) is 0.722. The van der Waals surface area contributed by atoms with Gasteiger partial charge in [-0.2, -0.15) is 0 Å². The zero-order chi connectivity index (χ0) is 7.94. The summed E-state index contributed by atoms with van der Waals surface area (Å²) in [5.41, 5.74) is 2.29. The average Bonchev–Trinajstić information content (AvgIpc) is 1.94. The van der Waals surface area contributed by atoms with Crippen LogP contribution in [0.3, 0.4) is 0 Å². The molecule has 0 bridgehead atoms. The van der Waals surface area contributed by atoms with Crippen molar-refractivity contribution in [2.45, 2.75) is 44.9 Å². The molecule has 0 aromatic rings. The Morgan fingerprint density at radius 1 is 1.00 bits per heavy atom. The van der Waals surface area contributed by atoms with Crippen LogP contribution in [0, 0.1) is 5.92 Å². The number of hydrogen-bond acceptors (Lipinski definition) is 2. The van der Waals surface area contributed by atoms with E-state index in [0.717, 1.165) is 12.5 Å². The van der Waals surface area contributed by atoms with E-state index in [0.29, 0.717) is 0 Å². The SMILES string of the molecule is ONCC1CCCCCCC1. The lowest BCUT2D eigenvalue weighted by molar-refractivity contribution is 0.141. The Morgan fingerprint density at radius 3 is 2.09 bits per heavy atom. The second-order valence-corrected chi connectivity index (χ2v) is 3.57. The normalized spacial score (nSPS) is 22.6. The fraction of sp³-hybridized carbons (Fsp3) is 1.00. The lowest BCUT2D eigenvalue weighted by Crippen LogP contribution is -2.20. The number of nitrogens with one attached hydrogen (secondary N) is 1. The molecule has 2 heteroatoms. The van der Waals surface area contributed by atoms with Crippen LogP contribution in [0.4, 0.5) is 0 Å². The summed E-state index contributed by atoms with van der Waals surface area (Å²) in [6, 6.07) is 0. The Labute approximate surface area is 69.0 Å². The van der Waals surface area contributed by atoms with Crippen LogP contribution >= 0.6 is 0 Å². The Balaban J connectivity index is 2.15. The van der Waals surface area contributed by atoms with Gasteiger partial charge in [0.1, 0.15) is 0 Å². The maximum Gasteiger partial charge on any atom is 0.0235 e. The maximum absolute atomic E-state index is 8.53. The second kappa shape index (κ2) is 5.56. The standard InChI is InChI=1S/C9H19NO/c11-10-8-9-6-4-2-1-3-5-7-9/h9-11H,1-8H2. The molecule has 2 N–H and O–H groups in total. The summed E-state index contributed by atoms with van der Waals surface area (Å²) in [7, 11) is 0. The molecule has 0 amide bonds. The van der Waals surface area contributed by atoms with E-state index in [1.54, 1.807) is 0 Å². The molecular formula is C9H19NO. The van der Waals surface area contributed by atoms with E-state index in [1.165, 1.54) is 44.9 Å². The van der Waals surface area contributed by atoms with Gasteiger partial charge in [0, 0.05) is 6.54 Å². The van der Waals surface area contributed by atoms with Gasteiger partial charge < -0.3 is 5.21 Å². The van der Waals surface area contributed by atoms with Crippen LogP contribution in [0.1, 0.15) is 44.9 Å². The molecule has 11 heavy (non-hydrogen) atoms.